The molecule has 2 heterocycles. The number of fused-ring (bicyclic) bond motifs is 3. The number of hydrogen-bond donors (Lipinski definition) is 0. The summed E-state index contributed by atoms with van der Waals surface area (Å²) in [4.78, 5) is 2.52. The van der Waals surface area contributed by atoms with Crippen molar-refractivity contribution in [3.8, 4) is 33.4 Å². The Morgan fingerprint density at radius 3 is 1.39 bits per heavy atom. The molecule has 5 nitrogen and oxygen atoms in total. The summed E-state index contributed by atoms with van der Waals surface area (Å²) in [5.41, 5.74) is 14.2. The van der Waals surface area contributed by atoms with Crippen molar-refractivity contribution in [1.29, 1.82) is 0 Å². The molecular formula is C57H63NO4. The lowest BCUT2D eigenvalue weighted by atomic mass is 9.70. The number of ether oxygens (including phenoxy) is 4. The lowest BCUT2D eigenvalue weighted by molar-refractivity contribution is -0.150. The maximum absolute atomic E-state index is 6.39. The van der Waals surface area contributed by atoms with Gasteiger partial charge in [-0.25, -0.2) is 0 Å². The van der Waals surface area contributed by atoms with Crippen molar-refractivity contribution < 1.29 is 18.9 Å². The number of rotatable bonds is 21. The van der Waals surface area contributed by atoms with Crippen molar-refractivity contribution in [1.82, 2.24) is 0 Å². The van der Waals surface area contributed by atoms with Crippen LogP contribution in [0.25, 0.3) is 33.4 Å². The first-order valence-corrected chi connectivity index (χ1v) is 23.2. The van der Waals surface area contributed by atoms with Gasteiger partial charge in [-0.3, -0.25) is 0 Å². The summed E-state index contributed by atoms with van der Waals surface area (Å²) in [5, 5.41) is 0. The van der Waals surface area contributed by atoms with E-state index in [2.05, 4.69) is 170 Å². The van der Waals surface area contributed by atoms with Gasteiger partial charge in [-0.1, -0.05) is 135 Å². The molecule has 5 heteroatoms. The van der Waals surface area contributed by atoms with Gasteiger partial charge < -0.3 is 23.8 Å². The Bertz CT molecular complexity index is 2220. The SMILES string of the molecule is CCC1(COCCCCC2(CCCCOCC3(CC)COC3)c3ccccc3-c3cccc(N(c4ccc(-c5ccccc5)cc4)c4ccc(-c5ccccc5)cc4)c32)COC1. The molecule has 0 aromatic heterocycles. The second-order valence-electron chi connectivity index (χ2n) is 18.2. The fourth-order valence-electron chi connectivity index (χ4n) is 10.1. The van der Waals surface area contributed by atoms with Crippen molar-refractivity contribution in [3.63, 3.8) is 0 Å². The van der Waals surface area contributed by atoms with Crippen LogP contribution in [-0.4, -0.2) is 52.9 Å². The Labute approximate surface area is 370 Å². The topological polar surface area (TPSA) is 40.2 Å². The summed E-state index contributed by atoms with van der Waals surface area (Å²) in [6.07, 6.45) is 8.49. The van der Waals surface area contributed by atoms with Crippen LogP contribution in [0.15, 0.2) is 152 Å². The average Bonchev–Trinajstić information content (AvgIpc) is 3.58. The smallest absolute Gasteiger partial charge is 0.0566 e. The first-order chi connectivity index (χ1) is 30.6. The molecule has 62 heavy (non-hydrogen) atoms. The summed E-state index contributed by atoms with van der Waals surface area (Å²) >= 11 is 0. The molecule has 0 unspecified atom stereocenters. The molecule has 0 radical (unpaired) electrons. The largest absolute Gasteiger partial charge is 0.381 e. The van der Waals surface area contributed by atoms with Gasteiger partial charge in [-0.15, -0.1) is 0 Å². The van der Waals surface area contributed by atoms with Gasteiger partial charge in [-0.05, 0) is 126 Å². The molecule has 320 valence electrons. The molecule has 1 aliphatic carbocycles. The lowest BCUT2D eigenvalue weighted by Crippen LogP contribution is -2.45. The Morgan fingerprint density at radius 2 is 0.919 bits per heavy atom. The Balaban J connectivity index is 1.08. The van der Waals surface area contributed by atoms with Crippen molar-refractivity contribution in [3.05, 3.63) is 163 Å². The van der Waals surface area contributed by atoms with E-state index in [0.717, 1.165) is 116 Å². The number of hydrogen-bond acceptors (Lipinski definition) is 5. The monoisotopic (exact) mass is 825 g/mol. The molecule has 0 saturated carbocycles. The molecule has 3 aliphatic rings. The summed E-state index contributed by atoms with van der Waals surface area (Å²) in [7, 11) is 0. The molecule has 0 amide bonds. The van der Waals surface area contributed by atoms with Gasteiger partial charge in [0.25, 0.3) is 0 Å². The van der Waals surface area contributed by atoms with Crippen LogP contribution >= 0.6 is 0 Å². The third-order valence-electron chi connectivity index (χ3n) is 14.2. The number of unbranched alkanes of at least 4 members (excludes halogenated alkanes) is 2. The first kappa shape index (κ1) is 42.3. The maximum atomic E-state index is 6.39. The van der Waals surface area contributed by atoms with Crippen LogP contribution in [0.2, 0.25) is 0 Å². The molecule has 0 bridgehead atoms. The van der Waals surface area contributed by atoms with Crippen LogP contribution in [0.1, 0.15) is 76.3 Å². The van der Waals surface area contributed by atoms with Crippen LogP contribution in [0, 0.1) is 10.8 Å². The number of anilines is 3. The van der Waals surface area contributed by atoms with Gasteiger partial charge in [0.15, 0.2) is 0 Å². The van der Waals surface area contributed by atoms with E-state index in [0.29, 0.717) is 0 Å². The molecular weight excluding hydrogens is 763 g/mol. The quantitative estimate of drug-likeness (QED) is 0.0676. The molecule has 6 aromatic carbocycles. The Hall–Kier alpha value is -5.04. The van der Waals surface area contributed by atoms with Gasteiger partial charge in [-0.2, -0.15) is 0 Å². The molecule has 0 atom stereocenters. The second kappa shape index (κ2) is 19.1. The Kier molecular flexibility index (Phi) is 13.1. The van der Waals surface area contributed by atoms with E-state index >= 15 is 0 Å². The predicted octanol–water partition coefficient (Wildman–Crippen LogP) is 14.0. The zero-order chi connectivity index (χ0) is 42.2. The van der Waals surface area contributed by atoms with Gasteiger partial charge in [0, 0.05) is 40.8 Å². The highest BCUT2D eigenvalue weighted by atomic mass is 16.5. The van der Waals surface area contributed by atoms with Crippen LogP contribution in [0.4, 0.5) is 17.1 Å². The minimum absolute atomic E-state index is 0.187. The van der Waals surface area contributed by atoms with Crippen molar-refractivity contribution in [2.75, 3.05) is 57.8 Å². The minimum atomic E-state index is -0.187. The van der Waals surface area contributed by atoms with E-state index in [-0.39, 0.29) is 16.2 Å². The normalized spacial score (nSPS) is 16.5. The summed E-state index contributed by atoms with van der Waals surface area (Å²) < 4.78 is 24.0. The van der Waals surface area contributed by atoms with Crippen molar-refractivity contribution in [2.24, 2.45) is 10.8 Å². The zero-order valence-electron chi connectivity index (χ0n) is 36.8. The van der Waals surface area contributed by atoms with Crippen LogP contribution in [0.5, 0.6) is 0 Å². The van der Waals surface area contributed by atoms with Crippen LogP contribution in [-0.2, 0) is 24.4 Å². The average molecular weight is 826 g/mol. The summed E-state index contributed by atoms with van der Waals surface area (Å²) in [6, 6.07) is 56.0. The standard InChI is InChI=1S/C57H63NO4/c1-3-55(40-61-41-55)38-59-36-15-13-34-57(35-14-16-37-60-39-56(4-2)42-62-43-56)52-24-12-11-22-50(52)51-23-17-25-53(54(51)57)58(48-30-26-46(27-31-48)44-18-7-5-8-19-44)49-32-28-47(29-33-49)45-20-9-6-10-21-45/h5-12,17-33H,3-4,13-16,34-43H2,1-2H3. The number of benzene rings is 6. The second-order valence-corrected chi connectivity index (χ2v) is 18.2. The Morgan fingerprint density at radius 1 is 0.468 bits per heavy atom. The maximum Gasteiger partial charge on any atom is 0.0566 e. The highest BCUT2D eigenvalue weighted by Gasteiger charge is 2.45. The van der Waals surface area contributed by atoms with Gasteiger partial charge in [0.1, 0.15) is 0 Å². The molecule has 2 saturated heterocycles. The van der Waals surface area contributed by atoms with Crippen molar-refractivity contribution >= 4 is 17.1 Å². The molecule has 6 aromatic rings. The van der Waals surface area contributed by atoms with Crippen LogP contribution in [0.3, 0.4) is 0 Å². The van der Waals surface area contributed by atoms with E-state index in [1.54, 1.807) is 0 Å². The highest BCUT2D eigenvalue weighted by molar-refractivity contribution is 5.91. The van der Waals surface area contributed by atoms with E-state index in [9.17, 15) is 0 Å². The molecule has 9 rings (SSSR count). The molecule has 2 fully saturated rings. The van der Waals surface area contributed by atoms with E-state index in [4.69, 9.17) is 18.9 Å². The number of nitrogens with zero attached hydrogens (tertiary/aromatic N) is 1. The summed E-state index contributed by atoms with van der Waals surface area (Å²) in [5.74, 6) is 0. The minimum Gasteiger partial charge on any atom is -0.381 e. The van der Waals surface area contributed by atoms with E-state index < -0.39 is 0 Å². The van der Waals surface area contributed by atoms with Gasteiger partial charge >= 0.3 is 0 Å². The van der Waals surface area contributed by atoms with Gasteiger partial charge in [0.05, 0.1) is 45.3 Å². The van der Waals surface area contributed by atoms with E-state index in [1.807, 2.05) is 0 Å². The van der Waals surface area contributed by atoms with Crippen LogP contribution < -0.4 is 4.90 Å². The molecule has 0 spiro atoms. The van der Waals surface area contributed by atoms with E-state index in [1.165, 1.54) is 50.2 Å². The zero-order valence-corrected chi connectivity index (χ0v) is 36.8. The highest BCUT2D eigenvalue weighted by Crippen LogP contribution is 2.58. The third kappa shape index (κ3) is 8.66. The fraction of sp³-hybridized carbons (Fsp3) is 0.368. The summed E-state index contributed by atoms with van der Waals surface area (Å²) in [6.45, 7) is 10.9. The van der Waals surface area contributed by atoms with Gasteiger partial charge in [0.2, 0.25) is 0 Å². The predicted molar refractivity (Wildman–Crippen MR) is 255 cm³/mol. The lowest BCUT2D eigenvalue weighted by Gasteiger charge is -2.40. The molecule has 2 aliphatic heterocycles. The molecule has 0 N–H and O–H groups in total. The van der Waals surface area contributed by atoms with Crippen molar-refractivity contribution in [2.45, 2.75) is 70.6 Å². The first-order valence-electron chi connectivity index (χ1n) is 23.2. The fourth-order valence-corrected chi connectivity index (χ4v) is 10.1. The third-order valence-corrected chi connectivity index (χ3v) is 14.2.